The molecule has 1 aromatic heterocycles. The third-order valence-corrected chi connectivity index (χ3v) is 2.81. The Hall–Kier alpha value is -1.88. The molecule has 1 saturated heterocycles. The number of anilines is 1. The van der Waals surface area contributed by atoms with Crippen molar-refractivity contribution in [1.29, 1.82) is 0 Å². The molecular formula is C13H18N3O2+. The van der Waals surface area contributed by atoms with Crippen LogP contribution in [-0.2, 0) is 4.74 Å². The van der Waals surface area contributed by atoms with Crippen molar-refractivity contribution in [3.8, 4) is 0 Å². The normalized spacial score (nSPS) is 15.2. The van der Waals surface area contributed by atoms with Gasteiger partial charge in [0.25, 0.3) is 5.69 Å². The number of aromatic nitrogens is 1. The lowest BCUT2D eigenvalue weighted by Gasteiger charge is -2.28. The van der Waals surface area contributed by atoms with Crippen LogP contribution in [0.2, 0.25) is 0 Å². The van der Waals surface area contributed by atoms with Gasteiger partial charge < -0.3 is 15.0 Å². The number of nitrogens with one attached hydrogen (secondary N) is 2. The third-order valence-electron chi connectivity index (χ3n) is 2.81. The van der Waals surface area contributed by atoms with E-state index in [1.165, 1.54) is 0 Å². The van der Waals surface area contributed by atoms with Crippen LogP contribution in [0, 0.1) is 0 Å². The second kappa shape index (κ2) is 6.16. The Morgan fingerprint density at radius 2 is 2.33 bits per heavy atom. The number of rotatable bonds is 4. The highest BCUT2D eigenvalue weighted by Gasteiger charge is 2.17. The van der Waals surface area contributed by atoms with Crippen molar-refractivity contribution in [2.75, 3.05) is 37.7 Å². The lowest BCUT2D eigenvalue weighted by Crippen LogP contribution is -2.37. The van der Waals surface area contributed by atoms with Gasteiger partial charge in [0.1, 0.15) is 0 Å². The van der Waals surface area contributed by atoms with Crippen molar-refractivity contribution in [3.63, 3.8) is 0 Å². The highest BCUT2D eigenvalue weighted by atomic mass is 16.5. The number of H-pyrrole nitrogens is 1. The zero-order valence-electron chi connectivity index (χ0n) is 10.3. The van der Waals surface area contributed by atoms with E-state index in [-0.39, 0.29) is 5.91 Å². The van der Waals surface area contributed by atoms with Crippen LogP contribution in [0.5, 0.6) is 0 Å². The number of morpholine rings is 1. The van der Waals surface area contributed by atoms with Gasteiger partial charge in [0.15, 0.2) is 6.20 Å². The molecule has 2 N–H and O–H groups in total. The molecule has 1 amide bonds. The lowest BCUT2D eigenvalue weighted by molar-refractivity contribution is -0.381. The lowest BCUT2D eigenvalue weighted by atomic mass is 10.2. The third kappa shape index (κ3) is 3.07. The van der Waals surface area contributed by atoms with Crippen LogP contribution in [0.1, 0.15) is 10.5 Å². The first-order valence-corrected chi connectivity index (χ1v) is 6.05. The molecule has 1 aliphatic rings. The molecule has 1 aromatic rings. The fraction of sp³-hybridized carbons (Fsp3) is 0.385. The Morgan fingerprint density at radius 3 is 3.06 bits per heavy atom. The predicted molar refractivity (Wildman–Crippen MR) is 68.6 cm³/mol. The molecule has 0 spiro atoms. The highest BCUT2D eigenvalue weighted by Crippen LogP contribution is 2.14. The molecule has 0 saturated carbocycles. The summed E-state index contributed by atoms with van der Waals surface area (Å²) in [5.41, 5.74) is 1.60. The summed E-state index contributed by atoms with van der Waals surface area (Å²) < 4.78 is 5.31. The summed E-state index contributed by atoms with van der Waals surface area (Å²) in [6, 6.07) is 3.83. The van der Waals surface area contributed by atoms with E-state index in [1.807, 2.05) is 12.1 Å². The predicted octanol–water partition coefficient (Wildman–Crippen LogP) is 0.253. The van der Waals surface area contributed by atoms with E-state index in [9.17, 15) is 4.79 Å². The quantitative estimate of drug-likeness (QED) is 0.777. The van der Waals surface area contributed by atoms with Gasteiger partial charge in [-0.25, -0.2) is 4.98 Å². The van der Waals surface area contributed by atoms with Gasteiger partial charge in [-0.15, -0.1) is 6.58 Å². The first-order valence-electron chi connectivity index (χ1n) is 6.05. The largest absolute Gasteiger partial charge is 0.378 e. The van der Waals surface area contributed by atoms with Gasteiger partial charge in [-0.05, 0) is 0 Å². The Balaban J connectivity index is 2.08. The van der Waals surface area contributed by atoms with Gasteiger partial charge in [0, 0.05) is 37.5 Å². The standard InChI is InChI=1S/C13H17N3O2/c1-2-4-15-13(17)12-10-11(3-5-14-12)16-6-8-18-9-7-16/h2-3,5,10H,1,4,6-9H2,(H,15,17)/p+1. The Labute approximate surface area is 106 Å². The Morgan fingerprint density at radius 1 is 1.56 bits per heavy atom. The van der Waals surface area contributed by atoms with Crippen molar-refractivity contribution in [2.45, 2.75) is 0 Å². The average Bonchev–Trinajstić information content (AvgIpc) is 2.46. The van der Waals surface area contributed by atoms with E-state index in [2.05, 4.69) is 21.8 Å². The molecule has 0 radical (unpaired) electrons. The number of carbonyl (C=O) groups is 1. The van der Waals surface area contributed by atoms with Gasteiger partial charge in [-0.3, -0.25) is 4.79 Å². The smallest absolute Gasteiger partial charge is 0.316 e. The van der Waals surface area contributed by atoms with Crippen LogP contribution in [0.15, 0.2) is 31.0 Å². The zero-order chi connectivity index (χ0) is 12.8. The minimum absolute atomic E-state index is 0.120. The number of nitrogens with zero attached hydrogens (tertiary/aromatic N) is 1. The molecule has 0 aliphatic carbocycles. The van der Waals surface area contributed by atoms with Gasteiger partial charge in [0.2, 0.25) is 0 Å². The summed E-state index contributed by atoms with van der Waals surface area (Å²) >= 11 is 0. The van der Waals surface area contributed by atoms with E-state index in [0.717, 1.165) is 32.0 Å². The van der Waals surface area contributed by atoms with Crippen LogP contribution >= 0.6 is 0 Å². The summed E-state index contributed by atoms with van der Waals surface area (Å²) in [6.45, 7) is 7.22. The van der Waals surface area contributed by atoms with Crippen molar-refractivity contribution in [1.82, 2.24) is 5.32 Å². The first kappa shape index (κ1) is 12.6. The van der Waals surface area contributed by atoms with Crippen molar-refractivity contribution in [3.05, 3.63) is 36.7 Å². The first-order chi connectivity index (χ1) is 8.81. The fourth-order valence-corrected chi connectivity index (χ4v) is 1.86. The molecule has 0 atom stereocenters. The van der Waals surface area contributed by atoms with Crippen LogP contribution in [0.4, 0.5) is 5.69 Å². The second-order valence-electron chi connectivity index (χ2n) is 4.06. The number of hydrogen-bond donors (Lipinski definition) is 1. The summed E-state index contributed by atoms with van der Waals surface area (Å²) in [4.78, 5) is 17.0. The van der Waals surface area contributed by atoms with Crippen LogP contribution in [0.25, 0.3) is 0 Å². The molecule has 18 heavy (non-hydrogen) atoms. The minimum atomic E-state index is -0.120. The number of ether oxygens (including phenoxy) is 1. The van der Waals surface area contributed by atoms with E-state index in [0.29, 0.717) is 12.2 Å². The Bertz CT molecular complexity index is 428. The molecule has 0 aromatic carbocycles. The maximum atomic E-state index is 11.8. The topological polar surface area (TPSA) is 55.7 Å². The van der Waals surface area contributed by atoms with E-state index >= 15 is 0 Å². The van der Waals surface area contributed by atoms with E-state index < -0.39 is 0 Å². The average molecular weight is 248 g/mol. The highest BCUT2D eigenvalue weighted by molar-refractivity contribution is 5.91. The summed E-state index contributed by atoms with van der Waals surface area (Å²) in [7, 11) is 0. The number of aromatic amines is 1. The molecule has 96 valence electrons. The Kier molecular flexibility index (Phi) is 4.30. The summed E-state index contributed by atoms with van der Waals surface area (Å²) in [5, 5.41) is 2.75. The zero-order valence-corrected chi connectivity index (χ0v) is 10.3. The molecular weight excluding hydrogens is 230 g/mol. The van der Waals surface area contributed by atoms with Crippen LogP contribution in [0.3, 0.4) is 0 Å². The maximum absolute atomic E-state index is 11.8. The van der Waals surface area contributed by atoms with Gasteiger partial charge in [-0.2, -0.15) is 0 Å². The maximum Gasteiger partial charge on any atom is 0.316 e. The van der Waals surface area contributed by atoms with Crippen molar-refractivity contribution in [2.24, 2.45) is 0 Å². The van der Waals surface area contributed by atoms with E-state index in [4.69, 9.17) is 4.74 Å². The minimum Gasteiger partial charge on any atom is -0.378 e. The fourth-order valence-electron chi connectivity index (χ4n) is 1.86. The molecule has 0 bridgehead atoms. The SMILES string of the molecule is C=CCNC(=O)c1cc(N2CCOCC2)cc[nH+]1. The van der Waals surface area contributed by atoms with Crippen LogP contribution < -0.4 is 15.2 Å². The molecule has 1 aliphatic heterocycles. The van der Waals surface area contributed by atoms with Gasteiger partial charge in [-0.1, -0.05) is 6.08 Å². The monoisotopic (exact) mass is 248 g/mol. The van der Waals surface area contributed by atoms with Crippen molar-refractivity contribution < 1.29 is 14.5 Å². The summed E-state index contributed by atoms with van der Waals surface area (Å²) in [5.74, 6) is -0.120. The molecule has 2 heterocycles. The summed E-state index contributed by atoms with van der Waals surface area (Å²) in [6.07, 6.45) is 3.44. The number of amides is 1. The number of hydrogen-bond acceptors (Lipinski definition) is 3. The number of pyridine rings is 1. The van der Waals surface area contributed by atoms with Gasteiger partial charge in [0.05, 0.1) is 13.2 Å². The second-order valence-corrected chi connectivity index (χ2v) is 4.06. The molecule has 2 rings (SSSR count). The van der Waals surface area contributed by atoms with E-state index in [1.54, 1.807) is 12.3 Å². The molecule has 0 unspecified atom stereocenters. The van der Waals surface area contributed by atoms with Gasteiger partial charge >= 0.3 is 5.91 Å². The van der Waals surface area contributed by atoms with Crippen molar-refractivity contribution >= 4 is 11.6 Å². The molecule has 5 nitrogen and oxygen atoms in total. The van der Waals surface area contributed by atoms with Crippen LogP contribution in [-0.4, -0.2) is 38.8 Å². The molecule has 1 fully saturated rings. The number of carbonyl (C=O) groups excluding carboxylic acids is 1. The molecule has 5 heteroatoms.